The van der Waals surface area contributed by atoms with Crippen molar-refractivity contribution in [1.29, 1.82) is 0 Å². The molecule has 4 aromatic carbocycles. The summed E-state index contributed by atoms with van der Waals surface area (Å²) >= 11 is 6.23. The monoisotopic (exact) mass is 732 g/mol. The van der Waals surface area contributed by atoms with E-state index in [0.717, 1.165) is 33.5 Å². The SMILES string of the molecule is COc1cccc(-[n+]2ccc3c(c2)[nH]c(=O)n3-c2c(O)c(-c3cc(Cl)ccc3F)nc3ccccc23)c1-c1cc(Nc2ccncc2)c2ccccc2n1. The molecule has 5 heterocycles. The highest BCUT2D eigenvalue weighted by Gasteiger charge is 2.26. The number of pyridine rings is 4. The molecule has 54 heavy (non-hydrogen) atoms. The first-order valence-electron chi connectivity index (χ1n) is 16.9. The second-order valence-corrected chi connectivity index (χ2v) is 12.9. The minimum Gasteiger partial charge on any atom is -0.504 e. The van der Waals surface area contributed by atoms with Crippen LogP contribution in [-0.4, -0.2) is 36.7 Å². The Kier molecular flexibility index (Phi) is 7.98. The van der Waals surface area contributed by atoms with Crippen molar-refractivity contribution >= 4 is 55.8 Å². The summed E-state index contributed by atoms with van der Waals surface area (Å²) in [7, 11) is 1.61. The predicted molar refractivity (Wildman–Crippen MR) is 208 cm³/mol. The molecule has 0 unspecified atom stereocenters. The number of H-pyrrole nitrogens is 1. The van der Waals surface area contributed by atoms with Crippen LogP contribution in [0.1, 0.15) is 0 Å². The molecule has 0 saturated carbocycles. The maximum Gasteiger partial charge on any atom is 0.331 e. The number of aromatic nitrogens is 6. The van der Waals surface area contributed by atoms with Crippen LogP contribution in [0.15, 0.2) is 139 Å². The molecule has 0 saturated heterocycles. The number of aromatic hydroxyl groups is 1. The first-order chi connectivity index (χ1) is 26.4. The van der Waals surface area contributed by atoms with Gasteiger partial charge in [0.15, 0.2) is 11.9 Å². The largest absolute Gasteiger partial charge is 0.504 e. The molecule has 5 aromatic heterocycles. The van der Waals surface area contributed by atoms with Gasteiger partial charge in [-0.05, 0) is 54.6 Å². The minimum atomic E-state index is -0.619. The third-order valence-electron chi connectivity index (χ3n) is 9.30. The summed E-state index contributed by atoms with van der Waals surface area (Å²) in [6, 6.07) is 32.2. The normalized spacial score (nSPS) is 11.4. The number of aromatic amines is 1. The van der Waals surface area contributed by atoms with Crippen LogP contribution in [0, 0.1) is 5.82 Å². The first kappa shape index (κ1) is 32.8. The molecule has 0 spiro atoms. The Morgan fingerprint density at radius 3 is 2.44 bits per heavy atom. The first-order valence-corrected chi connectivity index (χ1v) is 17.2. The summed E-state index contributed by atoms with van der Waals surface area (Å²) < 4.78 is 24.3. The van der Waals surface area contributed by atoms with Crippen LogP contribution in [0.5, 0.6) is 11.5 Å². The molecule has 0 atom stereocenters. The number of hydrogen-bond donors (Lipinski definition) is 3. The van der Waals surface area contributed by atoms with Crippen LogP contribution in [0.4, 0.5) is 15.8 Å². The number of para-hydroxylation sites is 2. The van der Waals surface area contributed by atoms with Gasteiger partial charge in [-0.15, -0.1) is 0 Å². The smallest absolute Gasteiger partial charge is 0.331 e. The van der Waals surface area contributed by atoms with Gasteiger partial charge in [-0.1, -0.05) is 54.1 Å². The van der Waals surface area contributed by atoms with Crippen molar-refractivity contribution in [2.75, 3.05) is 12.4 Å². The highest BCUT2D eigenvalue weighted by molar-refractivity contribution is 6.30. The van der Waals surface area contributed by atoms with Crippen LogP contribution < -0.4 is 20.3 Å². The number of fused-ring (bicyclic) bond motifs is 3. The fourth-order valence-electron chi connectivity index (χ4n) is 6.87. The van der Waals surface area contributed by atoms with Crippen molar-refractivity contribution in [1.82, 2.24) is 24.5 Å². The maximum atomic E-state index is 15.1. The number of halogens is 2. The van der Waals surface area contributed by atoms with Crippen molar-refractivity contribution < 1.29 is 18.8 Å². The Morgan fingerprint density at radius 1 is 0.889 bits per heavy atom. The summed E-state index contributed by atoms with van der Waals surface area (Å²) in [5.41, 5.74) is 5.62. The Hall–Kier alpha value is -7.11. The number of anilines is 2. The zero-order valence-electron chi connectivity index (χ0n) is 28.5. The lowest BCUT2D eigenvalue weighted by Crippen LogP contribution is -2.30. The highest BCUT2D eigenvalue weighted by Crippen LogP contribution is 2.41. The van der Waals surface area contributed by atoms with E-state index in [1.807, 2.05) is 71.4 Å². The molecule has 10 nitrogen and oxygen atoms in total. The molecule has 0 bridgehead atoms. The van der Waals surface area contributed by atoms with E-state index in [1.165, 1.54) is 22.8 Å². The molecule has 0 aliphatic rings. The number of benzene rings is 4. The third-order valence-corrected chi connectivity index (χ3v) is 9.54. The molecule has 0 radical (unpaired) electrons. The van der Waals surface area contributed by atoms with Crippen molar-refractivity contribution in [2.45, 2.75) is 0 Å². The van der Waals surface area contributed by atoms with Gasteiger partial charge in [-0.2, -0.15) is 4.57 Å². The van der Waals surface area contributed by atoms with Gasteiger partial charge in [0.05, 0.1) is 35.0 Å². The van der Waals surface area contributed by atoms with Gasteiger partial charge in [0.1, 0.15) is 34.0 Å². The van der Waals surface area contributed by atoms with Gasteiger partial charge in [0.2, 0.25) is 11.9 Å². The summed E-state index contributed by atoms with van der Waals surface area (Å²) in [5.74, 6) is -0.396. The molecule has 12 heteroatoms. The number of hydrogen-bond acceptors (Lipinski definition) is 7. The molecule has 9 rings (SSSR count). The van der Waals surface area contributed by atoms with Crippen LogP contribution in [0.2, 0.25) is 5.02 Å². The highest BCUT2D eigenvalue weighted by atomic mass is 35.5. The van der Waals surface area contributed by atoms with E-state index in [4.69, 9.17) is 21.3 Å². The molecule has 9 aromatic rings. The molecule has 3 N–H and O–H groups in total. The molecule has 0 aliphatic heterocycles. The topological polar surface area (TPSA) is 122 Å². The van der Waals surface area contributed by atoms with Gasteiger partial charge < -0.3 is 20.1 Å². The molecule has 0 aliphatic carbocycles. The quantitative estimate of drug-likeness (QED) is 0.140. The van der Waals surface area contributed by atoms with Gasteiger partial charge in [-0.3, -0.25) is 9.55 Å². The van der Waals surface area contributed by atoms with Crippen LogP contribution >= 0.6 is 11.6 Å². The fourth-order valence-corrected chi connectivity index (χ4v) is 7.04. The van der Waals surface area contributed by atoms with E-state index in [-0.39, 0.29) is 27.7 Å². The van der Waals surface area contributed by atoms with Gasteiger partial charge in [0.25, 0.3) is 0 Å². The van der Waals surface area contributed by atoms with Crippen molar-refractivity contribution in [3.05, 3.63) is 155 Å². The van der Waals surface area contributed by atoms with Crippen LogP contribution in [0.25, 0.3) is 66.7 Å². The van der Waals surface area contributed by atoms with Crippen LogP contribution in [-0.2, 0) is 0 Å². The maximum absolute atomic E-state index is 15.1. The second-order valence-electron chi connectivity index (χ2n) is 12.5. The fraction of sp³-hybridized carbons (Fsp3) is 0.0238. The van der Waals surface area contributed by atoms with E-state index < -0.39 is 11.5 Å². The Labute approximate surface area is 311 Å². The Morgan fingerprint density at radius 2 is 1.65 bits per heavy atom. The van der Waals surface area contributed by atoms with Crippen molar-refractivity contribution in [3.8, 4) is 45.4 Å². The number of imidazole rings is 1. The van der Waals surface area contributed by atoms with Crippen molar-refractivity contribution in [2.24, 2.45) is 0 Å². The predicted octanol–water partition coefficient (Wildman–Crippen LogP) is 8.67. The lowest BCUT2D eigenvalue weighted by Gasteiger charge is -2.15. The van der Waals surface area contributed by atoms with E-state index >= 15 is 4.39 Å². The average molecular weight is 733 g/mol. The summed E-state index contributed by atoms with van der Waals surface area (Å²) in [6.07, 6.45) is 7.07. The van der Waals surface area contributed by atoms with Gasteiger partial charge in [-0.25, -0.2) is 19.2 Å². The van der Waals surface area contributed by atoms with Gasteiger partial charge >= 0.3 is 5.69 Å². The number of nitrogens with zero attached hydrogens (tertiary/aromatic N) is 5. The zero-order chi connectivity index (χ0) is 36.9. The van der Waals surface area contributed by atoms with Crippen LogP contribution in [0.3, 0.4) is 0 Å². The molecular weight excluding hydrogens is 705 g/mol. The molecule has 0 fully saturated rings. The third kappa shape index (κ3) is 5.54. The minimum absolute atomic E-state index is 0.00437. The van der Waals surface area contributed by atoms with E-state index in [1.54, 1.807) is 56.0 Å². The number of rotatable bonds is 7. The lowest BCUT2D eigenvalue weighted by molar-refractivity contribution is -0.593. The summed E-state index contributed by atoms with van der Waals surface area (Å²) in [4.78, 5) is 30.6. The molecule has 0 amide bonds. The second kappa shape index (κ2) is 13.1. The summed E-state index contributed by atoms with van der Waals surface area (Å²) in [6.45, 7) is 0. The lowest BCUT2D eigenvalue weighted by atomic mass is 10.0. The van der Waals surface area contributed by atoms with Gasteiger partial charge in [0, 0.05) is 51.6 Å². The number of methoxy groups -OCH3 is 1. The van der Waals surface area contributed by atoms with E-state index in [0.29, 0.717) is 33.4 Å². The zero-order valence-corrected chi connectivity index (χ0v) is 29.2. The Bertz CT molecular complexity index is 2990. The van der Waals surface area contributed by atoms with E-state index in [2.05, 4.69) is 20.3 Å². The Balaban J connectivity index is 1.22. The van der Waals surface area contributed by atoms with Crippen molar-refractivity contribution in [3.63, 3.8) is 0 Å². The van der Waals surface area contributed by atoms with E-state index in [9.17, 15) is 9.90 Å². The summed E-state index contributed by atoms with van der Waals surface area (Å²) in [5, 5.41) is 17.0. The number of nitrogens with one attached hydrogen (secondary N) is 2. The number of ether oxygens (including phenoxy) is 1. The molecule has 262 valence electrons. The standard InChI is InChI=1S/C42H27ClFN7O3/c1-54-37-12-6-11-36(38(37)33-22-32(46-25-15-18-45-19-16-25)26-7-2-4-9-30(26)47-33)50-20-17-35-34(23-50)49-42(53)51(35)40-27-8-3-5-10-31(27)48-39(41(40)52)28-21-24(43)13-14-29(28)44/h2-23H,1H3,(H2-,45,46,47,49,52,53)/p+1. The average Bonchev–Trinajstić information content (AvgIpc) is 3.52. The molecular formula is C42H28ClFN7O3+.